The van der Waals surface area contributed by atoms with E-state index in [-0.39, 0.29) is 29.5 Å². The lowest BCUT2D eigenvalue weighted by Gasteiger charge is -2.19. The highest BCUT2D eigenvalue weighted by molar-refractivity contribution is 7.10. The lowest BCUT2D eigenvalue weighted by molar-refractivity contribution is 0.0197. The number of aliphatic hydroxyl groups is 2. The molecule has 0 radical (unpaired) electrons. The lowest BCUT2D eigenvalue weighted by Crippen LogP contribution is -2.36. The van der Waals surface area contributed by atoms with Gasteiger partial charge in [0.05, 0.1) is 10.4 Å². The summed E-state index contributed by atoms with van der Waals surface area (Å²) in [6, 6.07) is 17.3. The number of aromatic carboxylic acids is 1. The minimum atomic E-state index is -1.43. The summed E-state index contributed by atoms with van der Waals surface area (Å²) < 4.78 is 5.39. The summed E-state index contributed by atoms with van der Waals surface area (Å²) in [5.41, 5.74) is 4.35. The van der Waals surface area contributed by atoms with Crippen molar-refractivity contribution in [2.45, 2.75) is 18.1 Å². The second-order valence-electron chi connectivity index (χ2n) is 7.22. The number of ether oxygens (including phenoxy) is 1. The number of carboxylic acid groups (broad SMARTS) is 1. The average molecular weight is 439 g/mol. The van der Waals surface area contributed by atoms with E-state index < -0.39 is 24.3 Å². The van der Waals surface area contributed by atoms with Gasteiger partial charge < -0.3 is 25.4 Å². The van der Waals surface area contributed by atoms with Gasteiger partial charge in [-0.25, -0.2) is 9.59 Å². The zero-order chi connectivity index (χ0) is 22.0. The van der Waals surface area contributed by atoms with Gasteiger partial charge in [0.25, 0.3) is 0 Å². The van der Waals surface area contributed by atoms with Crippen LogP contribution in [0.3, 0.4) is 0 Å². The standard InChI is InChI=1S/C23H21NO6S/c25-19(20(26)21-17(22(27)28)9-10-31-21)11-24-23(29)30-12-18-15-7-3-1-5-13(15)14-6-2-4-8-16(14)18/h1-10,18-20,25-26H,11-12H2,(H,24,29)(H,27,28). The number of hydrogen-bond donors (Lipinski definition) is 4. The Morgan fingerprint density at radius 3 is 2.23 bits per heavy atom. The van der Waals surface area contributed by atoms with Gasteiger partial charge in [-0.1, -0.05) is 48.5 Å². The molecule has 160 valence electrons. The van der Waals surface area contributed by atoms with Crippen molar-refractivity contribution in [1.82, 2.24) is 5.32 Å². The van der Waals surface area contributed by atoms with E-state index in [1.807, 2.05) is 48.5 Å². The molecule has 0 saturated carbocycles. The Bertz CT molecular complexity index is 1070. The molecule has 2 aromatic carbocycles. The Labute approximate surface area is 182 Å². The highest BCUT2D eigenvalue weighted by atomic mass is 32.1. The minimum Gasteiger partial charge on any atom is -0.478 e. The molecule has 1 heterocycles. The molecule has 0 saturated heterocycles. The molecule has 1 aliphatic rings. The van der Waals surface area contributed by atoms with E-state index in [1.54, 1.807) is 0 Å². The Kier molecular flexibility index (Phi) is 6.03. The number of carbonyl (C=O) groups excluding carboxylic acids is 1. The highest BCUT2D eigenvalue weighted by Crippen LogP contribution is 2.44. The third-order valence-electron chi connectivity index (χ3n) is 5.36. The summed E-state index contributed by atoms with van der Waals surface area (Å²) in [6.07, 6.45) is -3.53. The van der Waals surface area contributed by atoms with Crippen molar-refractivity contribution >= 4 is 23.4 Å². The number of nitrogens with one attached hydrogen (secondary N) is 1. The zero-order valence-electron chi connectivity index (χ0n) is 16.4. The highest BCUT2D eigenvalue weighted by Gasteiger charge is 2.29. The molecule has 0 spiro atoms. The summed E-state index contributed by atoms with van der Waals surface area (Å²) in [4.78, 5) is 23.5. The van der Waals surface area contributed by atoms with Gasteiger partial charge in [0.2, 0.25) is 0 Å². The van der Waals surface area contributed by atoms with E-state index in [2.05, 4.69) is 5.32 Å². The van der Waals surface area contributed by atoms with Crippen LogP contribution in [-0.4, -0.2) is 46.6 Å². The maximum Gasteiger partial charge on any atom is 0.407 e. The number of benzene rings is 2. The predicted octanol–water partition coefficient (Wildman–Crippen LogP) is 3.38. The number of amides is 1. The number of carboxylic acids is 1. The van der Waals surface area contributed by atoms with Crippen LogP contribution in [0.2, 0.25) is 0 Å². The molecule has 31 heavy (non-hydrogen) atoms. The quantitative estimate of drug-likeness (QED) is 0.449. The molecule has 8 heteroatoms. The topological polar surface area (TPSA) is 116 Å². The van der Waals surface area contributed by atoms with E-state index in [4.69, 9.17) is 9.84 Å². The molecule has 4 rings (SSSR count). The SMILES string of the molecule is O=C(NCC(O)C(O)c1sccc1C(=O)O)OCC1c2ccccc2-c2ccccc21. The summed E-state index contributed by atoms with van der Waals surface area (Å²) in [6.45, 7) is -0.151. The van der Waals surface area contributed by atoms with Gasteiger partial charge in [0.15, 0.2) is 0 Å². The van der Waals surface area contributed by atoms with Crippen molar-refractivity contribution in [3.8, 4) is 11.1 Å². The summed E-state index contributed by atoms with van der Waals surface area (Å²) in [5.74, 6) is -1.27. The molecule has 1 aliphatic carbocycles. The number of aliphatic hydroxyl groups excluding tert-OH is 2. The van der Waals surface area contributed by atoms with Crippen LogP contribution in [0, 0.1) is 0 Å². The Balaban J connectivity index is 1.35. The molecule has 4 N–H and O–H groups in total. The summed E-state index contributed by atoms with van der Waals surface area (Å²) in [7, 11) is 0. The van der Waals surface area contributed by atoms with Gasteiger partial charge in [-0.15, -0.1) is 11.3 Å². The second-order valence-corrected chi connectivity index (χ2v) is 8.17. The van der Waals surface area contributed by atoms with Crippen molar-refractivity contribution < 1.29 is 29.6 Å². The number of carbonyl (C=O) groups is 2. The van der Waals surface area contributed by atoms with Crippen LogP contribution < -0.4 is 5.32 Å². The minimum absolute atomic E-state index is 0.0716. The van der Waals surface area contributed by atoms with Crippen molar-refractivity contribution in [3.05, 3.63) is 81.5 Å². The average Bonchev–Trinajstić information content (AvgIpc) is 3.39. The van der Waals surface area contributed by atoms with E-state index in [9.17, 15) is 19.8 Å². The number of rotatable bonds is 7. The second kappa shape index (κ2) is 8.89. The molecule has 0 bridgehead atoms. The van der Waals surface area contributed by atoms with Crippen LogP contribution in [-0.2, 0) is 4.74 Å². The summed E-state index contributed by atoms with van der Waals surface area (Å²) in [5, 5.41) is 33.5. The molecular weight excluding hydrogens is 418 g/mol. The molecule has 1 amide bonds. The molecule has 2 unspecified atom stereocenters. The van der Waals surface area contributed by atoms with Crippen LogP contribution in [0.4, 0.5) is 4.79 Å². The van der Waals surface area contributed by atoms with Gasteiger partial charge in [0, 0.05) is 12.5 Å². The van der Waals surface area contributed by atoms with Gasteiger partial charge in [-0.05, 0) is 33.7 Å². The number of thiophene rings is 1. The maximum atomic E-state index is 12.2. The van der Waals surface area contributed by atoms with Crippen LogP contribution in [0.1, 0.15) is 38.4 Å². The largest absolute Gasteiger partial charge is 0.478 e. The summed E-state index contributed by atoms with van der Waals surface area (Å²) >= 11 is 1.03. The number of fused-ring (bicyclic) bond motifs is 3. The first-order chi connectivity index (χ1) is 15.0. The number of hydrogen-bond acceptors (Lipinski definition) is 6. The fourth-order valence-electron chi connectivity index (χ4n) is 3.85. The first-order valence-electron chi connectivity index (χ1n) is 9.73. The van der Waals surface area contributed by atoms with Crippen LogP contribution in [0.5, 0.6) is 0 Å². The number of alkyl carbamates (subject to hydrolysis) is 1. The molecule has 1 aromatic heterocycles. The fraction of sp³-hybridized carbons (Fsp3) is 0.217. The normalized spacial score (nSPS) is 14.4. The molecule has 3 aromatic rings. The zero-order valence-corrected chi connectivity index (χ0v) is 17.2. The maximum absolute atomic E-state index is 12.2. The van der Waals surface area contributed by atoms with Crippen molar-refractivity contribution in [2.24, 2.45) is 0 Å². The van der Waals surface area contributed by atoms with Gasteiger partial charge in [0.1, 0.15) is 18.8 Å². The first-order valence-corrected chi connectivity index (χ1v) is 10.6. The molecule has 7 nitrogen and oxygen atoms in total. The first kappa shape index (κ1) is 21.0. The van der Waals surface area contributed by atoms with Crippen LogP contribution in [0.25, 0.3) is 11.1 Å². The van der Waals surface area contributed by atoms with Gasteiger partial charge in [-0.3, -0.25) is 0 Å². The Morgan fingerprint density at radius 2 is 1.61 bits per heavy atom. The lowest BCUT2D eigenvalue weighted by atomic mass is 9.98. The Morgan fingerprint density at radius 1 is 1.00 bits per heavy atom. The monoisotopic (exact) mass is 439 g/mol. The van der Waals surface area contributed by atoms with Crippen LogP contribution in [0.15, 0.2) is 60.0 Å². The molecule has 2 atom stereocenters. The third kappa shape index (κ3) is 4.18. The molecule has 0 fully saturated rings. The van der Waals surface area contributed by atoms with E-state index in [0.717, 1.165) is 33.6 Å². The predicted molar refractivity (Wildman–Crippen MR) is 115 cm³/mol. The van der Waals surface area contributed by atoms with Crippen molar-refractivity contribution in [1.29, 1.82) is 0 Å². The molecular formula is C23H21NO6S. The van der Waals surface area contributed by atoms with Gasteiger partial charge in [-0.2, -0.15) is 0 Å². The van der Waals surface area contributed by atoms with Crippen molar-refractivity contribution in [3.63, 3.8) is 0 Å². The van der Waals surface area contributed by atoms with E-state index in [1.165, 1.54) is 11.4 Å². The van der Waals surface area contributed by atoms with Crippen molar-refractivity contribution in [2.75, 3.05) is 13.2 Å². The molecule has 0 aliphatic heterocycles. The fourth-order valence-corrected chi connectivity index (χ4v) is 4.78. The van der Waals surface area contributed by atoms with E-state index in [0.29, 0.717) is 0 Å². The third-order valence-corrected chi connectivity index (χ3v) is 6.35. The van der Waals surface area contributed by atoms with E-state index >= 15 is 0 Å². The smallest absolute Gasteiger partial charge is 0.407 e. The van der Waals surface area contributed by atoms with Gasteiger partial charge >= 0.3 is 12.1 Å². The Hall–Kier alpha value is -3.20. The van der Waals surface area contributed by atoms with Crippen LogP contribution >= 0.6 is 11.3 Å².